The molecule has 0 aliphatic carbocycles. The lowest BCUT2D eigenvalue weighted by Crippen LogP contribution is -2.25. The van der Waals surface area contributed by atoms with E-state index in [2.05, 4.69) is 10.3 Å². The minimum absolute atomic E-state index is 0.00912. The smallest absolute Gasteiger partial charge is 0.311 e. The van der Waals surface area contributed by atoms with Crippen molar-refractivity contribution in [3.05, 3.63) is 27.9 Å². The van der Waals surface area contributed by atoms with Gasteiger partial charge in [-0.3, -0.25) is 10.1 Å². The van der Waals surface area contributed by atoms with Gasteiger partial charge in [0.2, 0.25) is 5.82 Å². The zero-order chi connectivity index (χ0) is 12.8. The van der Waals surface area contributed by atoms with E-state index in [0.717, 1.165) is 12.1 Å². The van der Waals surface area contributed by atoms with Gasteiger partial charge in [0.05, 0.1) is 17.6 Å². The van der Waals surface area contributed by atoms with Crippen LogP contribution in [0.3, 0.4) is 0 Å². The van der Waals surface area contributed by atoms with Crippen molar-refractivity contribution in [2.45, 2.75) is 26.3 Å². The van der Waals surface area contributed by atoms with E-state index < -0.39 is 4.92 Å². The lowest BCUT2D eigenvalue weighted by atomic mass is 10.2. The average molecular weight is 239 g/mol. The van der Waals surface area contributed by atoms with Gasteiger partial charge in [0.15, 0.2) is 0 Å². The van der Waals surface area contributed by atoms with Gasteiger partial charge in [0.1, 0.15) is 0 Å². The molecule has 0 radical (unpaired) electrons. The summed E-state index contributed by atoms with van der Waals surface area (Å²) in [7, 11) is 1.60. The molecule has 0 bridgehead atoms. The van der Waals surface area contributed by atoms with Crippen LogP contribution in [0.15, 0.2) is 12.1 Å². The molecule has 1 rings (SSSR count). The maximum atomic E-state index is 10.9. The number of anilines is 1. The van der Waals surface area contributed by atoms with E-state index in [9.17, 15) is 10.1 Å². The molecule has 0 aromatic carbocycles. The average Bonchev–Trinajstić information content (AvgIpc) is 2.28. The molecular weight excluding hydrogens is 222 g/mol. The summed E-state index contributed by atoms with van der Waals surface area (Å²) in [5.74, 6) is 0.305. The first-order valence-electron chi connectivity index (χ1n) is 5.46. The fourth-order valence-corrected chi connectivity index (χ4v) is 1.46. The third-order valence-corrected chi connectivity index (χ3v) is 2.41. The summed E-state index contributed by atoms with van der Waals surface area (Å²) in [5.41, 5.74) is 0.732. The van der Waals surface area contributed by atoms with E-state index in [1.807, 2.05) is 6.92 Å². The van der Waals surface area contributed by atoms with E-state index in [-0.39, 0.29) is 11.7 Å². The van der Waals surface area contributed by atoms with Gasteiger partial charge in [-0.25, -0.2) is 4.98 Å². The first-order valence-corrected chi connectivity index (χ1v) is 5.46. The van der Waals surface area contributed by atoms with E-state index >= 15 is 0 Å². The number of aromatic nitrogens is 1. The maximum absolute atomic E-state index is 10.9. The number of hydrogen-bond donors (Lipinski definition) is 1. The van der Waals surface area contributed by atoms with Gasteiger partial charge in [0.25, 0.3) is 0 Å². The fraction of sp³-hybridized carbons (Fsp3) is 0.545. The number of nitro groups is 1. The summed E-state index contributed by atoms with van der Waals surface area (Å²) in [6.45, 7) is 4.27. The molecule has 1 aromatic heterocycles. The van der Waals surface area contributed by atoms with Crippen molar-refractivity contribution < 1.29 is 9.66 Å². The number of rotatable bonds is 6. The van der Waals surface area contributed by atoms with Crippen LogP contribution in [0.1, 0.15) is 19.0 Å². The van der Waals surface area contributed by atoms with Crippen LogP contribution in [-0.4, -0.2) is 29.7 Å². The van der Waals surface area contributed by atoms with Crippen molar-refractivity contribution in [3.63, 3.8) is 0 Å². The van der Waals surface area contributed by atoms with Gasteiger partial charge in [-0.2, -0.15) is 0 Å². The molecular formula is C11H17N3O3. The van der Waals surface area contributed by atoms with Crippen LogP contribution in [0.25, 0.3) is 0 Å². The van der Waals surface area contributed by atoms with Gasteiger partial charge >= 0.3 is 5.69 Å². The number of methoxy groups -OCH3 is 1. The first-order chi connectivity index (χ1) is 8.08. The quantitative estimate of drug-likeness (QED) is 0.607. The van der Waals surface area contributed by atoms with Crippen molar-refractivity contribution >= 4 is 11.5 Å². The van der Waals surface area contributed by atoms with Crippen molar-refractivity contribution in [1.82, 2.24) is 4.98 Å². The highest BCUT2D eigenvalue weighted by atomic mass is 16.6. The number of ether oxygens (including phenoxy) is 1. The second-order valence-corrected chi connectivity index (χ2v) is 3.78. The highest BCUT2D eigenvalue weighted by Crippen LogP contribution is 2.23. The van der Waals surface area contributed by atoms with Crippen LogP contribution in [0.5, 0.6) is 0 Å². The van der Waals surface area contributed by atoms with Gasteiger partial charge < -0.3 is 10.1 Å². The summed E-state index contributed by atoms with van der Waals surface area (Å²) >= 11 is 0. The van der Waals surface area contributed by atoms with E-state index in [4.69, 9.17) is 4.74 Å². The summed E-state index contributed by atoms with van der Waals surface area (Å²) in [4.78, 5) is 14.6. The predicted octanol–water partition coefficient (Wildman–Crippen LogP) is 2.14. The maximum Gasteiger partial charge on any atom is 0.311 e. The van der Waals surface area contributed by atoms with Crippen LogP contribution in [0.4, 0.5) is 11.5 Å². The van der Waals surface area contributed by atoms with E-state index in [1.165, 1.54) is 6.07 Å². The molecule has 0 spiro atoms. The molecule has 6 heteroatoms. The topological polar surface area (TPSA) is 77.3 Å². The summed E-state index contributed by atoms with van der Waals surface area (Å²) in [5, 5.41) is 13.9. The van der Waals surface area contributed by atoms with Crippen molar-refractivity contribution in [1.29, 1.82) is 0 Å². The Balaban J connectivity index is 2.94. The number of nitrogens with one attached hydrogen (secondary N) is 1. The van der Waals surface area contributed by atoms with Gasteiger partial charge in [-0.1, -0.05) is 6.92 Å². The Hall–Kier alpha value is -1.69. The molecule has 0 fully saturated rings. The molecule has 1 unspecified atom stereocenters. The van der Waals surface area contributed by atoms with Crippen LogP contribution in [-0.2, 0) is 4.74 Å². The van der Waals surface area contributed by atoms with Gasteiger partial charge in [-0.05, 0) is 19.4 Å². The van der Waals surface area contributed by atoms with Crippen LogP contribution >= 0.6 is 0 Å². The summed E-state index contributed by atoms with van der Waals surface area (Å²) in [6, 6.07) is 3.11. The highest BCUT2D eigenvalue weighted by molar-refractivity contribution is 5.56. The number of pyridine rings is 1. The third-order valence-electron chi connectivity index (χ3n) is 2.41. The first kappa shape index (κ1) is 13.4. The summed E-state index contributed by atoms with van der Waals surface area (Å²) in [6.07, 6.45) is 0.806. The Morgan fingerprint density at radius 1 is 1.59 bits per heavy atom. The predicted molar refractivity (Wildman–Crippen MR) is 65.2 cm³/mol. The molecule has 0 saturated carbocycles. The Bertz CT molecular complexity index is 396. The zero-order valence-corrected chi connectivity index (χ0v) is 10.3. The third kappa shape index (κ3) is 3.67. The molecule has 94 valence electrons. The lowest BCUT2D eigenvalue weighted by Gasteiger charge is -2.16. The van der Waals surface area contributed by atoms with Crippen LogP contribution in [0.2, 0.25) is 0 Å². The Morgan fingerprint density at radius 3 is 2.82 bits per heavy atom. The molecule has 17 heavy (non-hydrogen) atoms. The Morgan fingerprint density at radius 2 is 2.29 bits per heavy atom. The SMILES string of the molecule is CCC(COC)Nc1nc(C)ccc1[N+](=O)[O-]. The van der Waals surface area contributed by atoms with Gasteiger partial charge in [-0.15, -0.1) is 0 Å². The van der Waals surface area contributed by atoms with Crippen LogP contribution in [0, 0.1) is 17.0 Å². The van der Waals surface area contributed by atoms with E-state index in [1.54, 1.807) is 20.1 Å². The Labute approximate surface area is 100 Å². The fourth-order valence-electron chi connectivity index (χ4n) is 1.46. The largest absolute Gasteiger partial charge is 0.383 e. The molecule has 6 nitrogen and oxygen atoms in total. The minimum atomic E-state index is -0.436. The molecule has 0 saturated heterocycles. The van der Waals surface area contributed by atoms with Crippen LogP contribution < -0.4 is 5.32 Å². The number of aryl methyl sites for hydroxylation is 1. The molecule has 1 aromatic rings. The number of nitrogens with zero attached hydrogens (tertiary/aromatic N) is 2. The van der Waals surface area contributed by atoms with Crippen molar-refractivity contribution in [3.8, 4) is 0 Å². The van der Waals surface area contributed by atoms with Crippen molar-refractivity contribution in [2.24, 2.45) is 0 Å². The lowest BCUT2D eigenvalue weighted by molar-refractivity contribution is -0.384. The number of hydrogen-bond acceptors (Lipinski definition) is 5. The molecule has 1 atom stereocenters. The molecule has 0 aliphatic heterocycles. The molecule has 1 N–H and O–H groups in total. The summed E-state index contributed by atoms with van der Waals surface area (Å²) < 4.78 is 5.04. The minimum Gasteiger partial charge on any atom is -0.383 e. The standard InChI is InChI=1S/C11H17N3O3/c1-4-9(7-17-3)13-11-10(14(15)16)6-5-8(2)12-11/h5-6,9H,4,7H2,1-3H3,(H,12,13). The Kier molecular flexibility index (Phi) is 4.84. The monoisotopic (exact) mass is 239 g/mol. The van der Waals surface area contributed by atoms with Gasteiger partial charge in [0, 0.05) is 18.9 Å². The molecule has 1 heterocycles. The highest BCUT2D eigenvalue weighted by Gasteiger charge is 2.17. The molecule has 0 amide bonds. The molecule has 0 aliphatic rings. The normalized spacial score (nSPS) is 12.2. The second kappa shape index (κ2) is 6.15. The van der Waals surface area contributed by atoms with Crippen molar-refractivity contribution in [2.75, 3.05) is 19.0 Å². The van der Waals surface area contributed by atoms with E-state index in [0.29, 0.717) is 12.4 Å². The zero-order valence-electron chi connectivity index (χ0n) is 10.3. The second-order valence-electron chi connectivity index (χ2n) is 3.78.